The van der Waals surface area contributed by atoms with Crippen LogP contribution in [-0.2, 0) is 0 Å². The molecule has 3 heteroatoms. The fraction of sp³-hybridized carbons (Fsp3) is 0. The van der Waals surface area contributed by atoms with Crippen molar-refractivity contribution in [3.05, 3.63) is 58.8 Å². The molecular formula is C12H7BrFO. The van der Waals surface area contributed by atoms with Crippen molar-refractivity contribution >= 4 is 15.9 Å². The standard InChI is InChI=1S/C12H7BrFO/c13-11-7-6-9(14)8-12(11)15-10-4-2-1-3-5-10/h1-2,4-8H. The van der Waals surface area contributed by atoms with Crippen LogP contribution in [0.2, 0.25) is 0 Å². The normalized spacial score (nSPS) is 10.0. The highest BCUT2D eigenvalue weighted by molar-refractivity contribution is 9.10. The molecule has 0 fully saturated rings. The van der Waals surface area contributed by atoms with E-state index in [2.05, 4.69) is 22.0 Å². The first-order valence-electron chi connectivity index (χ1n) is 4.35. The lowest BCUT2D eigenvalue weighted by Gasteiger charge is -2.06. The molecule has 0 atom stereocenters. The number of hydrogen-bond acceptors (Lipinski definition) is 1. The van der Waals surface area contributed by atoms with Gasteiger partial charge in [-0.25, -0.2) is 4.39 Å². The SMILES string of the molecule is Fc1ccc(Br)c(Oc2c[c]ccc2)c1. The van der Waals surface area contributed by atoms with Gasteiger partial charge in [-0.15, -0.1) is 0 Å². The molecule has 0 aliphatic carbocycles. The van der Waals surface area contributed by atoms with Gasteiger partial charge in [-0.2, -0.15) is 0 Å². The maximum atomic E-state index is 12.9. The van der Waals surface area contributed by atoms with E-state index in [1.165, 1.54) is 12.1 Å². The lowest BCUT2D eigenvalue weighted by molar-refractivity contribution is 0.473. The van der Waals surface area contributed by atoms with Crippen molar-refractivity contribution in [2.24, 2.45) is 0 Å². The highest BCUT2D eigenvalue weighted by Crippen LogP contribution is 2.29. The number of benzene rings is 2. The van der Waals surface area contributed by atoms with Crippen molar-refractivity contribution in [2.75, 3.05) is 0 Å². The third-order valence-electron chi connectivity index (χ3n) is 1.80. The van der Waals surface area contributed by atoms with Crippen LogP contribution in [0.25, 0.3) is 0 Å². The Bertz CT molecular complexity index is 456. The maximum absolute atomic E-state index is 12.9. The molecule has 0 saturated heterocycles. The zero-order valence-corrected chi connectivity index (χ0v) is 9.29. The minimum absolute atomic E-state index is 0.326. The molecule has 0 N–H and O–H groups in total. The Hall–Kier alpha value is -1.35. The molecule has 0 aliphatic rings. The van der Waals surface area contributed by atoms with E-state index >= 15 is 0 Å². The molecule has 0 bridgehead atoms. The Balaban J connectivity index is 2.28. The first-order chi connectivity index (χ1) is 7.25. The Morgan fingerprint density at radius 2 is 2.13 bits per heavy atom. The summed E-state index contributed by atoms with van der Waals surface area (Å²) < 4.78 is 19.1. The van der Waals surface area contributed by atoms with Gasteiger partial charge in [0.2, 0.25) is 0 Å². The van der Waals surface area contributed by atoms with Gasteiger partial charge in [0.15, 0.2) is 0 Å². The zero-order valence-electron chi connectivity index (χ0n) is 7.71. The maximum Gasteiger partial charge on any atom is 0.144 e. The molecule has 0 unspecified atom stereocenters. The van der Waals surface area contributed by atoms with Crippen molar-refractivity contribution in [2.45, 2.75) is 0 Å². The van der Waals surface area contributed by atoms with E-state index in [1.807, 2.05) is 6.07 Å². The second-order valence-electron chi connectivity index (χ2n) is 2.92. The van der Waals surface area contributed by atoms with Crippen LogP contribution < -0.4 is 4.74 Å². The topological polar surface area (TPSA) is 9.23 Å². The molecule has 1 nitrogen and oxygen atoms in total. The van der Waals surface area contributed by atoms with Crippen LogP contribution in [0.5, 0.6) is 11.5 Å². The Labute approximate surface area is 95.6 Å². The van der Waals surface area contributed by atoms with Crippen LogP contribution in [0.1, 0.15) is 0 Å². The smallest absolute Gasteiger partial charge is 0.144 e. The van der Waals surface area contributed by atoms with Crippen molar-refractivity contribution in [3.63, 3.8) is 0 Å². The highest BCUT2D eigenvalue weighted by Gasteiger charge is 2.03. The van der Waals surface area contributed by atoms with Crippen LogP contribution in [0, 0.1) is 11.9 Å². The fourth-order valence-corrected chi connectivity index (χ4v) is 1.45. The fourth-order valence-electron chi connectivity index (χ4n) is 1.12. The monoisotopic (exact) mass is 265 g/mol. The summed E-state index contributed by atoms with van der Waals surface area (Å²) >= 11 is 3.29. The van der Waals surface area contributed by atoms with Gasteiger partial charge in [0.05, 0.1) is 4.47 Å². The lowest BCUT2D eigenvalue weighted by atomic mass is 10.3. The van der Waals surface area contributed by atoms with Gasteiger partial charge in [-0.1, -0.05) is 12.1 Å². The quantitative estimate of drug-likeness (QED) is 0.792. The molecule has 1 radical (unpaired) electrons. The first-order valence-corrected chi connectivity index (χ1v) is 5.14. The Morgan fingerprint density at radius 1 is 1.27 bits per heavy atom. The molecule has 0 aromatic heterocycles. The van der Waals surface area contributed by atoms with Gasteiger partial charge >= 0.3 is 0 Å². The molecule has 0 amide bonds. The molecule has 0 spiro atoms. The van der Waals surface area contributed by atoms with Crippen LogP contribution >= 0.6 is 15.9 Å². The summed E-state index contributed by atoms with van der Waals surface area (Å²) in [5.41, 5.74) is 0. The van der Waals surface area contributed by atoms with Crippen molar-refractivity contribution in [1.29, 1.82) is 0 Å². The summed E-state index contributed by atoms with van der Waals surface area (Å²) in [6.45, 7) is 0. The molecule has 15 heavy (non-hydrogen) atoms. The van der Waals surface area contributed by atoms with Gasteiger partial charge in [-0.05, 0) is 46.3 Å². The van der Waals surface area contributed by atoms with E-state index in [0.29, 0.717) is 16.0 Å². The van der Waals surface area contributed by atoms with Crippen molar-refractivity contribution in [1.82, 2.24) is 0 Å². The molecule has 2 rings (SSSR count). The predicted molar refractivity (Wildman–Crippen MR) is 59.5 cm³/mol. The molecular weight excluding hydrogens is 259 g/mol. The second kappa shape index (κ2) is 4.45. The average Bonchev–Trinajstić information content (AvgIpc) is 2.25. The molecule has 2 aromatic rings. The summed E-state index contributed by atoms with van der Waals surface area (Å²) in [5.74, 6) is 0.756. The summed E-state index contributed by atoms with van der Waals surface area (Å²) in [4.78, 5) is 0. The third-order valence-corrected chi connectivity index (χ3v) is 2.45. The van der Waals surface area contributed by atoms with E-state index in [9.17, 15) is 4.39 Å². The van der Waals surface area contributed by atoms with Gasteiger partial charge < -0.3 is 4.74 Å². The highest BCUT2D eigenvalue weighted by atomic mass is 79.9. The lowest BCUT2D eigenvalue weighted by Crippen LogP contribution is -1.86. The van der Waals surface area contributed by atoms with E-state index in [-0.39, 0.29) is 5.82 Å². The molecule has 75 valence electrons. The van der Waals surface area contributed by atoms with Crippen LogP contribution in [0.4, 0.5) is 4.39 Å². The molecule has 0 heterocycles. The van der Waals surface area contributed by atoms with E-state index in [4.69, 9.17) is 4.74 Å². The zero-order chi connectivity index (χ0) is 10.7. The van der Waals surface area contributed by atoms with E-state index in [1.54, 1.807) is 24.3 Å². The van der Waals surface area contributed by atoms with Gasteiger partial charge in [-0.3, -0.25) is 0 Å². The largest absolute Gasteiger partial charge is 0.456 e. The average molecular weight is 266 g/mol. The number of hydrogen-bond donors (Lipinski definition) is 0. The number of ether oxygens (including phenoxy) is 1. The first kappa shape index (κ1) is 10.2. The van der Waals surface area contributed by atoms with Gasteiger partial charge in [0.25, 0.3) is 0 Å². The summed E-state index contributed by atoms with van der Waals surface area (Å²) in [6, 6.07) is 14.2. The van der Waals surface area contributed by atoms with Gasteiger partial charge in [0, 0.05) is 6.07 Å². The van der Waals surface area contributed by atoms with E-state index in [0.717, 1.165) is 0 Å². The molecule has 2 aromatic carbocycles. The minimum atomic E-state index is -0.326. The number of halogens is 2. The summed E-state index contributed by atoms with van der Waals surface area (Å²) in [6.07, 6.45) is 0. The Morgan fingerprint density at radius 3 is 2.87 bits per heavy atom. The molecule has 0 aliphatic heterocycles. The van der Waals surface area contributed by atoms with E-state index < -0.39 is 0 Å². The summed E-state index contributed by atoms with van der Waals surface area (Å²) in [7, 11) is 0. The van der Waals surface area contributed by atoms with Crippen LogP contribution in [0.3, 0.4) is 0 Å². The predicted octanol–water partition coefficient (Wildman–Crippen LogP) is 4.18. The molecule has 0 saturated carbocycles. The van der Waals surface area contributed by atoms with Crippen molar-refractivity contribution < 1.29 is 9.13 Å². The van der Waals surface area contributed by atoms with Crippen LogP contribution in [-0.4, -0.2) is 0 Å². The van der Waals surface area contributed by atoms with Gasteiger partial charge in [0.1, 0.15) is 17.3 Å². The summed E-state index contributed by atoms with van der Waals surface area (Å²) in [5, 5.41) is 0. The third kappa shape index (κ3) is 2.57. The second-order valence-corrected chi connectivity index (χ2v) is 3.77. The number of rotatable bonds is 2. The van der Waals surface area contributed by atoms with Crippen LogP contribution in [0.15, 0.2) is 46.9 Å². The van der Waals surface area contributed by atoms with Crippen molar-refractivity contribution in [3.8, 4) is 11.5 Å². The Kier molecular flexibility index (Phi) is 3.02. The minimum Gasteiger partial charge on any atom is -0.456 e.